The zero-order chi connectivity index (χ0) is 13.8. The summed E-state index contributed by atoms with van der Waals surface area (Å²) >= 11 is 9.60. The lowest BCUT2D eigenvalue weighted by Gasteiger charge is -2.07. The van der Waals surface area contributed by atoms with E-state index < -0.39 is 6.04 Å². The molecule has 2 N–H and O–H groups in total. The van der Waals surface area contributed by atoms with E-state index in [1.807, 2.05) is 18.2 Å². The number of halogens is 1. The van der Waals surface area contributed by atoms with Crippen molar-refractivity contribution in [1.29, 1.82) is 0 Å². The lowest BCUT2D eigenvalue weighted by atomic mass is 10.2. The van der Waals surface area contributed by atoms with Crippen LogP contribution in [0.25, 0.3) is 10.1 Å². The number of benzene rings is 1. The summed E-state index contributed by atoms with van der Waals surface area (Å²) in [4.78, 5) is 12.3. The molecule has 3 nitrogen and oxygen atoms in total. The van der Waals surface area contributed by atoms with Crippen LogP contribution in [0.5, 0.6) is 0 Å². The number of carbonyl (C=O) groups is 1. The largest absolute Gasteiger partial charge is 0.468 e. The van der Waals surface area contributed by atoms with Gasteiger partial charge in [-0.2, -0.15) is 11.8 Å². The highest BCUT2D eigenvalue weighted by Gasteiger charge is 2.15. The second kappa shape index (κ2) is 6.61. The van der Waals surface area contributed by atoms with Gasteiger partial charge in [0, 0.05) is 26.5 Å². The number of methoxy groups -OCH3 is 1. The first-order chi connectivity index (χ1) is 9.13. The first-order valence-corrected chi connectivity index (χ1v) is 8.05. The molecule has 0 aliphatic rings. The van der Waals surface area contributed by atoms with Crippen LogP contribution in [0.1, 0.15) is 4.88 Å². The van der Waals surface area contributed by atoms with E-state index in [-0.39, 0.29) is 5.97 Å². The van der Waals surface area contributed by atoms with E-state index in [9.17, 15) is 4.79 Å². The lowest BCUT2D eigenvalue weighted by molar-refractivity contribution is -0.141. The number of ether oxygens (including phenoxy) is 1. The molecule has 1 unspecified atom stereocenters. The molecule has 0 aliphatic carbocycles. The van der Waals surface area contributed by atoms with Crippen LogP contribution in [0.15, 0.2) is 24.3 Å². The molecule has 6 heteroatoms. The maximum Gasteiger partial charge on any atom is 0.323 e. The zero-order valence-corrected chi connectivity index (χ0v) is 12.8. The highest BCUT2D eigenvalue weighted by atomic mass is 35.5. The van der Waals surface area contributed by atoms with E-state index in [1.165, 1.54) is 11.8 Å². The maximum absolute atomic E-state index is 11.2. The summed E-state index contributed by atoms with van der Waals surface area (Å²) in [6.07, 6.45) is 0. The Kier molecular flexibility index (Phi) is 5.10. The van der Waals surface area contributed by atoms with Gasteiger partial charge in [-0.3, -0.25) is 4.79 Å². The fourth-order valence-electron chi connectivity index (χ4n) is 1.66. The fraction of sp³-hybridized carbons (Fsp3) is 0.308. The highest BCUT2D eigenvalue weighted by molar-refractivity contribution is 7.98. The van der Waals surface area contributed by atoms with Crippen LogP contribution in [0, 0.1) is 0 Å². The summed E-state index contributed by atoms with van der Waals surface area (Å²) in [5.41, 5.74) is 5.68. The van der Waals surface area contributed by atoms with Crippen molar-refractivity contribution in [2.75, 3.05) is 12.9 Å². The smallest absolute Gasteiger partial charge is 0.323 e. The molecule has 1 aromatic heterocycles. The van der Waals surface area contributed by atoms with Gasteiger partial charge in [-0.05, 0) is 6.07 Å². The lowest BCUT2D eigenvalue weighted by Crippen LogP contribution is -2.33. The van der Waals surface area contributed by atoms with Crippen molar-refractivity contribution in [1.82, 2.24) is 0 Å². The van der Waals surface area contributed by atoms with E-state index in [1.54, 1.807) is 23.1 Å². The van der Waals surface area contributed by atoms with Crippen molar-refractivity contribution in [3.8, 4) is 0 Å². The van der Waals surface area contributed by atoms with Gasteiger partial charge in [0.1, 0.15) is 6.04 Å². The molecule has 19 heavy (non-hydrogen) atoms. The van der Waals surface area contributed by atoms with E-state index in [2.05, 4.69) is 10.8 Å². The predicted octanol–water partition coefficient (Wildman–Crippen LogP) is 3.29. The minimum atomic E-state index is -0.580. The van der Waals surface area contributed by atoms with Crippen molar-refractivity contribution in [2.45, 2.75) is 11.8 Å². The number of rotatable bonds is 5. The number of hydrogen-bond acceptors (Lipinski definition) is 5. The van der Waals surface area contributed by atoms with Gasteiger partial charge in [0.05, 0.1) is 12.1 Å². The summed E-state index contributed by atoms with van der Waals surface area (Å²) in [7, 11) is 1.34. The average Bonchev–Trinajstić information content (AvgIpc) is 2.75. The minimum Gasteiger partial charge on any atom is -0.468 e. The zero-order valence-electron chi connectivity index (χ0n) is 10.4. The van der Waals surface area contributed by atoms with E-state index in [0.717, 1.165) is 21.0 Å². The predicted molar refractivity (Wildman–Crippen MR) is 83.0 cm³/mol. The van der Waals surface area contributed by atoms with Crippen LogP contribution in [0.4, 0.5) is 0 Å². The molecule has 0 saturated carbocycles. The molecule has 2 rings (SSSR count). The molecule has 1 aromatic carbocycles. The number of fused-ring (bicyclic) bond motifs is 1. The van der Waals surface area contributed by atoms with Crippen molar-refractivity contribution >= 4 is 50.8 Å². The van der Waals surface area contributed by atoms with Gasteiger partial charge in [-0.15, -0.1) is 11.3 Å². The number of thiophene rings is 1. The summed E-state index contributed by atoms with van der Waals surface area (Å²) in [5, 5.41) is 1.89. The van der Waals surface area contributed by atoms with Gasteiger partial charge in [-0.25, -0.2) is 0 Å². The Morgan fingerprint density at radius 2 is 2.26 bits per heavy atom. The van der Waals surface area contributed by atoms with Crippen molar-refractivity contribution in [3.05, 3.63) is 34.2 Å². The van der Waals surface area contributed by atoms with Crippen LogP contribution in [0.3, 0.4) is 0 Å². The van der Waals surface area contributed by atoms with Crippen LogP contribution in [-0.2, 0) is 15.3 Å². The Balaban J connectivity index is 1.98. The highest BCUT2D eigenvalue weighted by Crippen LogP contribution is 2.37. The normalized spacial score (nSPS) is 12.6. The van der Waals surface area contributed by atoms with E-state index in [4.69, 9.17) is 17.3 Å². The van der Waals surface area contributed by atoms with Gasteiger partial charge in [-0.1, -0.05) is 29.8 Å². The van der Waals surface area contributed by atoms with Gasteiger partial charge in [0.15, 0.2) is 0 Å². The maximum atomic E-state index is 11.2. The molecule has 1 heterocycles. The SMILES string of the molecule is COC(=O)C(N)CSCc1sc2ccccc2c1Cl. The molecule has 0 spiro atoms. The van der Waals surface area contributed by atoms with Gasteiger partial charge in [0.25, 0.3) is 0 Å². The third kappa shape index (κ3) is 3.42. The molecule has 0 aliphatic heterocycles. The van der Waals surface area contributed by atoms with Crippen LogP contribution in [0.2, 0.25) is 5.02 Å². The number of thioether (sulfide) groups is 1. The Morgan fingerprint density at radius 3 is 2.95 bits per heavy atom. The Bertz CT molecular complexity index is 585. The van der Waals surface area contributed by atoms with Gasteiger partial charge >= 0.3 is 5.97 Å². The van der Waals surface area contributed by atoms with E-state index >= 15 is 0 Å². The average molecular weight is 316 g/mol. The second-order valence-corrected chi connectivity index (χ2v) is 6.53. The minimum absolute atomic E-state index is 0.380. The summed E-state index contributed by atoms with van der Waals surface area (Å²) in [6, 6.07) is 7.47. The first-order valence-electron chi connectivity index (χ1n) is 5.70. The number of carbonyl (C=O) groups excluding carboxylic acids is 1. The van der Waals surface area contributed by atoms with Crippen LogP contribution < -0.4 is 5.73 Å². The Hall–Kier alpha value is -0.750. The molecule has 0 radical (unpaired) electrons. The standard InChI is InChI=1S/C13H14ClNO2S2/c1-17-13(16)9(15)6-18-7-11-12(14)8-4-2-3-5-10(8)19-11/h2-5,9H,6-7,15H2,1H3. The third-order valence-corrected chi connectivity index (χ3v) is 5.62. The van der Waals surface area contributed by atoms with Crippen molar-refractivity contribution < 1.29 is 9.53 Å². The summed E-state index contributed by atoms with van der Waals surface area (Å²) in [6.45, 7) is 0. The molecule has 0 bridgehead atoms. The van der Waals surface area contributed by atoms with E-state index in [0.29, 0.717) is 5.75 Å². The Labute approximate surface area is 125 Å². The summed E-state index contributed by atoms with van der Waals surface area (Å²) in [5.74, 6) is 0.898. The first kappa shape index (κ1) is 14.7. The molecule has 0 saturated heterocycles. The molecule has 0 fully saturated rings. The Morgan fingerprint density at radius 1 is 1.53 bits per heavy atom. The quantitative estimate of drug-likeness (QED) is 0.860. The second-order valence-electron chi connectivity index (χ2n) is 3.98. The topological polar surface area (TPSA) is 52.3 Å². The number of esters is 1. The van der Waals surface area contributed by atoms with Crippen molar-refractivity contribution in [2.24, 2.45) is 5.73 Å². The fourth-order valence-corrected chi connectivity index (χ4v) is 4.35. The number of hydrogen-bond donors (Lipinski definition) is 1. The summed E-state index contributed by atoms with van der Waals surface area (Å²) < 4.78 is 5.77. The molecular formula is C13H14ClNO2S2. The third-order valence-electron chi connectivity index (χ3n) is 2.64. The molecule has 102 valence electrons. The van der Waals surface area contributed by atoms with Crippen LogP contribution >= 0.6 is 34.7 Å². The van der Waals surface area contributed by atoms with Crippen LogP contribution in [-0.4, -0.2) is 24.9 Å². The van der Waals surface area contributed by atoms with Crippen molar-refractivity contribution in [3.63, 3.8) is 0 Å². The molecule has 1 atom stereocenters. The molecule has 2 aromatic rings. The monoisotopic (exact) mass is 315 g/mol. The molecular weight excluding hydrogens is 302 g/mol. The number of nitrogens with two attached hydrogens (primary N) is 1. The molecule has 0 amide bonds. The van der Waals surface area contributed by atoms with Gasteiger partial charge in [0.2, 0.25) is 0 Å². The van der Waals surface area contributed by atoms with Gasteiger partial charge < -0.3 is 10.5 Å².